The molecule has 0 radical (unpaired) electrons. The molecular formula is C15H8N2O4S. The van der Waals surface area contributed by atoms with Crippen molar-refractivity contribution in [2.45, 2.75) is 0 Å². The number of fused-ring (bicyclic) bond motifs is 2. The molecule has 3 aromatic heterocycles. The van der Waals surface area contributed by atoms with Gasteiger partial charge in [0, 0.05) is 11.6 Å². The van der Waals surface area contributed by atoms with Crippen molar-refractivity contribution < 1.29 is 19.1 Å². The Kier molecular flexibility index (Phi) is 2.80. The van der Waals surface area contributed by atoms with Crippen LogP contribution in [-0.2, 0) is 0 Å². The number of thiazole rings is 1. The highest BCUT2D eigenvalue weighted by molar-refractivity contribution is 7.20. The lowest BCUT2D eigenvalue weighted by atomic mass is 10.2. The van der Waals surface area contributed by atoms with Crippen molar-refractivity contribution in [1.29, 1.82) is 0 Å². The molecule has 0 saturated carbocycles. The summed E-state index contributed by atoms with van der Waals surface area (Å²) in [6, 6.07) is 10.3. The Morgan fingerprint density at radius 2 is 2.18 bits per heavy atom. The van der Waals surface area contributed by atoms with E-state index in [1.54, 1.807) is 24.4 Å². The number of benzene rings is 1. The van der Waals surface area contributed by atoms with Gasteiger partial charge in [0.2, 0.25) is 5.76 Å². The third kappa shape index (κ3) is 2.17. The van der Waals surface area contributed by atoms with Gasteiger partial charge in [0.25, 0.3) is 5.19 Å². The fourth-order valence-corrected chi connectivity index (χ4v) is 2.88. The van der Waals surface area contributed by atoms with E-state index in [0.717, 1.165) is 4.70 Å². The summed E-state index contributed by atoms with van der Waals surface area (Å²) in [4.78, 5) is 19.3. The van der Waals surface area contributed by atoms with Gasteiger partial charge < -0.3 is 14.3 Å². The molecule has 22 heavy (non-hydrogen) atoms. The van der Waals surface area contributed by atoms with Crippen molar-refractivity contribution in [2.75, 3.05) is 0 Å². The van der Waals surface area contributed by atoms with Crippen molar-refractivity contribution in [3.8, 4) is 10.9 Å². The molecule has 3 heterocycles. The first-order valence-corrected chi connectivity index (χ1v) is 7.17. The van der Waals surface area contributed by atoms with Crippen LogP contribution >= 0.6 is 11.3 Å². The number of furan rings is 1. The maximum absolute atomic E-state index is 10.9. The summed E-state index contributed by atoms with van der Waals surface area (Å²) < 4.78 is 11.9. The normalized spacial score (nSPS) is 11.1. The smallest absolute Gasteiger partial charge is 0.371 e. The van der Waals surface area contributed by atoms with Gasteiger partial charge in [-0.3, -0.25) is 0 Å². The molecule has 0 amide bonds. The van der Waals surface area contributed by atoms with Crippen LogP contribution in [0.25, 0.3) is 21.3 Å². The Morgan fingerprint density at radius 3 is 3.00 bits per heavy atom. The van der Waals surface area contributed by atoms with Gasteiger partial charge in [0.05, 0.1) is 4.70 Å². The van der Waals surface area contributed by atoms with Gasteiger partial charge in [-0.25, -0.2) is 9.78 Å². The van der Waals surface area contributed by atoms with E-state index in [9.17, 15) is 4.79 Å². The Labute approximate surface area is 127 Å². The van der Waals surface area contributed by atoms with E-state index in [2.05, 4.69) is 9.97 Å². The summed E-state index contributed by atoms with van der Waals surface area (Å²) in [6.07, 6.45) is 1.68. The highest BCUT2D eigenvalue weighted by Gasteiger charge is 2.12. The number of aromatic nitrogens is 2. The van der Waals surface area contributed by atoms with Crippen LogP contribution in [-0.4, -0.2) is 21.0 Å². The Balaban J connectivity index is 1.69. The minimum Gasteiger partial charge on any atom is -0.475 e. The second kappa shape index (κ2) is 4.81. The SMILES string of the molecule is O=C(O)c1cc2cc(Oc3nc4ncccc4s3)ccc2o1. The van der Waals surface area contributed by atoms with Gasteiger partial charge in [-0.05, 0) is 36.4 Å². The number of carbonyl (C=O) groups is 1. The Bertz CT molecular complexity index is 972. The average molecular weight is 312 g/mol. The zero-order chi connectivity index (χ0) is 15.1. The largest absolute Gasteiger partial charge is 0.475 e. The summed E-state index contributed by atoms with van der Waals surface area (Å²) in [6.45, 7) is 0. The summed E-state index contributed by atoms with van der Waals surface area (Å²) in [5.41, 5.74) is 1.13. The van der Waals surface area contributed by atoms with Gasteiger partial charge in [-0.1, -0.05) is 11.3 Å². The number of hydrogen-bond donors (Lipinski definition) is 1. The number of carboxylic acid groups (broad SMARTS) is 1. The highest BCUT2D eigenvalue weighted by atomic mass is 32.1. The van der Waals surface area contributed by atoms with E-state index in [4.69, 9.17) is 14.3 Å². The summed E-state index contributed by atoms with van der Waals surface area (Å²) in [5, 5.41) is 10.1. The quantitative estimate of drug-likeness (QED) is 0.617. The molecule has 7 heteroatoms. The first-order valence-electron chi connectivity index (χ1n) is 6.35. The zero-order valence-corrected chi connectivity index (χ0v) is 11.8. The van der Waals surface area contributed by atoms with Crippen molar-refractivity contribution >= 4 is 38.6 Å². The maximum Gasteiger partial charge on any atom is 0.371 e. The van der Waals surface area contributed by atoms with Crippen LogP contribution in [0.15, 0.2) is 47.0 Å². The predicted molar refractivity (Wildman–Crippen MR) is 80.7 cm³/mol. The molecule has 108 valence electrons. The molecule has 0 atom stereocenters. The number of rotatable bonds is 3. The molecule has 0 bridgehead atoms. The van der Waals surface area contributed by atoms with Crippen LogP contribution in [0.4, 0.5) is 0 Å². The van der Waals surface area contributed by atoms with Crippen LogP contribution in [0.1, 0.15) is 10.6 Å². The molecule has 4 rings (SSSR count). The van der Waals surface area contributed by atoms with E-state index in [0.29, 0.717) is 27.6 Å². The number of hydrogen-bond acceptors (Lipinski definition) is 6. The molecular weight excluding hydrogens is 304 g/mol. The number of carboxylic acids is 1. The fourth-order valence-electron chi connectivity index (χ4n) is 2.08. The van der Waals surface area contributed by atoms with E-state index in [1.165, 1.54) is 17.4 Å². The van der Waals surface area contributed by atoms with Crippen molar-refractivity contribution in [2.24, 2.45) is 0 Å². The van der Waals surface area contributed by atoms with Gasteiger partial charge in [0.15, 0.2) is 5.65 Å². The predicted octanol–water partition coefficient (Wildman–Crippen LogP) is 3.93. The summed E-state index contributed by atoms with van der Waals surface area (Å²) in [5.74, 6) is -0.642. The molecule has 0 fully saturated rings. The first kappa shape index (κ1) is 12.8. The monoisotopic (exact) mass is 312 g/mol. The molecule has 1 N–H and O–H groups in total. The van der Waals surface area contributed by atoms with Crippen molar-refractivity contribution in [3.05, 3.63) is 48.4 Å². The van der Waals surface area contributed by atoms with Gasteiger partial charge in [0.1, 0.15) is 11.3 Å². The molecule has 0 aliphatic heterocycles. The zero-order valence-electron chi connectivity index (χ0n) is 11.0. The van der Waals surface area contributed by atoms with Crippen LogP contribution in [0, 0.1) is 0 Å². The minimum absolute atomic E-state index is 0.101. The van der Waals surface area contributed by atoms with E-state index in [1.807, 2.05) is 12.1 Å². The molecule has 0 saturated heterocycles. The molecule has 0 unspecified atom stereocenters. The summed E-state index contributed by atoms with van der Waals surface area (Å²) >= 11 is 1.39. The third-order valence-corrected chi connectivity index (χ3v) is 3.94. The van der Waals surface area contributed by atoms with Crippen molar-refractivity contribution in [1.82, 2.24) is 9.97 Å². The third-order valence-electron chi connectivity index (χ3n) is 3.05. The second-order valence-electron chi connectivity index (χ2n) is 4.52. The number of nitrogens with zero attached hydrogens (tertiary/aromatic N) is 2. The molecule has 1 aromatic carbocycles. The van der Waals surface area contributed by atoms with Crippen LogP contribution in [0.5, 0.6) is 10.9 Å². The Hall–Kier alpha value is -2.93. The Morgan fingerprint density at radius 1 is 1.27 bits per heavy atom. The molecule has 0 aliphatic rings. The highest BCUT2D eigenvalue weighted by Crippen LogP contribution is 2.32. The fraction of sp³-hybridized carbons (Fsp3) is 0. The van der Waals surface area contributed by atoms with Crippen LogP contribution < -0.4 is 4.74 Å². The van der Waals surface area contributed by atoms with E-state index < -0.39 is 5.97 Å². The van der Waals surface area contributed by atoms with Gasteiger partial charge in [-0.2, -0.15) is 4.98 Å². The van der Waals surface area contributed by atoms with Gasteiger partial charge >= 0.3 is 5.97 Å². The number of ether oxygens (including phenoxy) is 1. The lowest BCUT2D eigenvalue weighted by Crippen LogP contribution is -1.91. The molecule has 0 spiro atoms. The number of aromatic carboxylic acids is 1. The number of pyridine rings is 1. The van der Waals surface area contributed by atoms with Crippen LogP contribution in [0.2, 0.25) is 0 Å². The molecule has 6 nitrogen and oxygen atoms in total. The topological polar surface area (TPSA) is 85.5 Å². The van der Waals surface area contributed by atoms with E-state index >= 15 is 0 Å². The van der Waals surface area contributed by atoms with Gasteiger partial charge in [-0.15, -0.1) is 0 Å². The minimum atomic E-state index is -1.10. The second-order valence-corrected chi connectivity index (χ2v) is 5.52. The lowest BCUT2D eigenvalue weighted by Gasteiger charge is -2.00. The molecule has 4 aromatic rings. The lowest BCUT2D eigenvalue weighted by molar-refractivity contribution is 0.0665. The standard InChI is InChI=1S/C15H8N2O4S/c18-14(19)11-7-8-6-9(3-4-10(8)21-11)20-15-17-13-12(22-15)2-1-5-16-13/h1-7H,(H,18,19). The van der Waals surface area contributed by atoms with E-state index in [-0.39, 0.29) is 5.76 Å². The van der Waals surface area contributed by atoms with Crippen LogP contribution in [0.3, 0.4) is 0 Å². The maximum atomic E-state index is 10.9. The molecule has 0 aliphatic carbocycles. The first-order chi connectivity index (χ1) is 10.7. The summed E-state index contributed by atoms with van der Waals surface area (Å²) in [7, 11) is 0. The average Bonchev–Trinajstić information content (AvgIpc) is 3.09. The van der Waals surface area contributed by atoms with Crippen molar-refractivity contribution in [3.63, 3.8) is 0 Å².